The molecule has 0 spiro atoms. The van der Waals surface area contributed by atoms with Gasteiger partial charge < -0.3 is 4.90 Å². The van der Waals surface area contributed by atoms with Crippen molar-refractivity contribution in [3.05, 3.63) is 35.1 Å². The van der Waals surface area contributed by atoms with Gasteiger partial charge in [0.15, 0.2) is 6.29 Å². The summed E-state index contributed by atoms with van der Waals surface area (Å²) < 4.78 is 13.1. The van der Waals surface area contributed by atoms with Gasteiger partial charge in [-0.2, -0.15) is 0 Å². The van der Waals surface area contributed by atoms with Crippen LogP contribution in [0, 0.1) is 17.7 Å². The Morgan fingerprint density at radius 3 is 2.94 bits per heavy atom. The second-order valence-electron chi connectivity index (χ2n) is 4.07. The first-order chi connectivity index (χ1) is 8.70. The lowest BCUT2D eigenvalue weighted by molar-refractivity contribution is -0.127. The molecule has 0 unspecified atom stereocenters. The predicted molar refractivity (Wildman–Crippen MR) is 64.5 cm³/mol. The zero-order valence-corrected chi connectivity index (χ0v) is 9.78. The molecule has 2 rings (SSSR count). The Morgan fingerprint density at radius 2 is 2.28 bits per heavy atom. The lowest BCUT2D eigenvalue weighted by Crippen LogP contribution is -2.24. The van der Waals surface area contributed by atoms with Crippen molar-refractivity contribution in [2.45, 2.75) is 12.8 Å². The van der Waals surface area contributed by atoms with Crippen LogP contribution in [0.3, 0.4) is 0 Å². The Kier molecular flexibility index (Phi) is 3.73. The Balaban J connectivity index is 2.05. The summed E-state index contributed by atoms with van der Waals surface area (Å²) in [5.74, 6) is 5.26. The molecule has 4 heteroatoms. The molecule has 1 saturated heterocycles. The fourth-order valence-electron chi connectivity index (χ4n) is 1.82. The number of likely N-dealkylation sites (tertiary alicyclic amines) is 1. The average molecular weight is 245 g/mol. The minimum absolute atomic E-state index is 0.000881. The molecule has 0 N–H and O–H groups in total. The summed E-state index contributed by atoms with van der Waals surface area (Å²) in [5.41, 5.74) is 0.573. The molecule has 0 atom stereocenters. The van der Waals surface area contributed by atoms with Crippen molar-refractivity contribution in [3.63, 3.8) is 0 Å². The molecule has 0 aromatic heterocycles. The number of amides is 1. The summed E-state index contributed by atoms with van der Waals surface area (Å²) in [5, 5.41) is 0. The van der Waals surface area contributed by atoms with Crippen LogP contribution in [0.4, 0.5) is 4.39 Å². The number of rotatable bonds is 2. The van der Waals surface area contributed by atoms with Crippen molar-refractivity contribution >= 4 is 12.2 Å². The summed E-state index contributed by atoms with van der Waals surface area (Å²) in [7, 11) is 0. The number of benzene rings is 1. The Morgan fingerprint density at radius 1 is 1.44 bits per heavy atom. The third-order valence-electron chi connectivity index (χ3n) is 2.80. The fourth-order valence-corrected chi connectivity index (χ4v) is 1.82. The zero-order chi connectivity index (χ0) is 13.0. The van der Waals surface area contributed by atoms with Gasteiger partial charge in [0, 0.05) is 18.5 Å². The molecule has 18 heavy (non-hydrogen) atoms. The third kappa shape index (κ3) is 2.75. The Labute approximate surface area is 105 Å². The summed E-state index contributed by atoms with van der Waals surface area (Å²) in [6.45, 7) is 1.13. The van der Waals surface area contributed by atoms with Gasteiger partial charge in [-0.3, -0.25) is 9.59 Å². The van der Waals surface area contributed by atoms with Crippen LogP contribution in [0.5, 0.6) is 0 Å². The van der Waals surface area contributed by atoms with Gasteiger partial charge in [-0.1, -0.05) is 11.8 Å². The molecule has 1 fully saturated rings. The minimum Gasteiger partial charge on any atom is -0.332 e. The molecule has 0 aliphatic carbocycles. The molecule has 1 amide bonds. The van der Waals surface area contributed by atoms with E-state index in [1.807, 2.05) is 0 Å². The number of carbonyl (C=O) groups is 2. The molecule has 1 heterocycles. The van der Waals surface area contributed by atoms with Crippen molar-refractivity contribution in [2.24, 2.45) is 0 Å². The highest BCUT2D eigenvalue weighted by atomic mass is 19.1. The van der Waals surface area contributed by atoms with Gasteiger partial charge in [0.05, 0.1) is 12.1 Å². The quantitative estimate of drug-likeness (QED) is 0.586. The number of hydrogen-bond donors (Lipinski definition) is 0. The lowest BCUT2D eigenvalue weighted by atomic mass is 10.1. The highest BCUT2D eigenvalue weighted by molar-refractivity contribution is 5.78. The van der Waals surface area contributed by atoms with E-state index in [9.17, 15) is 14.0 Å². The largest absolute Gasteiger partial charge is 0.332 e. The van der Waals surface area contributed by atoms with Crippen LogP contribution in [0.15, 0.2) is 18.2 Å². The van der Waals surface area contributed by atoms with Crippen LogP contribution < -0.4 is 0 Å². The number of hydrogen-bond acceptors (Lipinski definition) is 2. The monoisotopic (exact) mass is 245 g/mol. The third-order valence-corrected chi connectivity index (χ3v) is 2.80. The summed E-state index contributed by atoms with van der Waals surface area (Å²) in [6.07, 6.45) is 1.93. The summed E-state index contributed by atoms with van der Waals surface area (Å²) in [6, 6.07) is 4.14. The number of carbonyl (C=O) groups excluding carboxylic acids is 2. The van der Waals surface area contributed by atoms with Gasteiger partial charge in [-0.25, -0.2) is 4.39 Å². The van der Waals surface area contributed by atoms with E-state index in [4.69, 9.17) is 0 Å². The maximum absolute atomic E-state index is 13.1. The van der Waals surface area contributed by atoms with Crippen LogP contribution in [-0.4, -0.2) is 30.2 Å². The van der Waals surface area contributed by atoms with Crippen molar-refractivity contribution in [2.75, 3.05) is 13.1 Å². The molecule has 3 nitrogen and oxygen atoms in total. The molecule has 0 saturated carbocycles. The zero-order valence-electron chi connectivity index (χ0n) is 9.78. The second-order valence-corrected chi connectivity index (χ2v) is 4.07. The molecular weight excluding hydrogens is 233 g/mol. The first kappa shape index (κ1) is 12.3. The highest BCUT2D eigenvalue weighted by Gasteiger charge is 2.18. The van der Waals surface area contributed by atoms with Crippen LogP contribution >= 0.6 is 0 Å². The van der Waals surface area contributed by atoms with Gasteiger partial charge >= 0.3 is 0 Å². The van der Waals surface area contributed by atoms with E-state index < -0.39 is 5.82 Å². The van der Waals surface area contributed by atoms with E-state index in [2.05, 4.69) is 11.8 Å². The van der Waals surface area contributed by atoms with Gasteiger partial charge in [-0.15, -0.1) is 0 Å². The van der Waals surface area contributed by atoms with E-state index in [1.54, 1.807) is 4.90 Å². The minimum atomic E-state index is -0.551. The van der Waals surface area contributed by atoms with E-state index >= 15 is 0 Å². The molecule has 0 bridgehead atoms. The van der Waals surface area contributed by atoms with Crippen molar-refractivity contribution in [3.8, 4) is 11.8 Å². The van der Waals surface area contributed by atoms with Gasteiger partial charge in [-0.05, 0) is 24.6 Å². The van der Waals surface area contributed by atoms with E-state index in [1.165, 1.54) is 18.2 Å². The Bertz CT molecular complexity index is 542. The van der Waals surface area contributed by atoms with Crippen LogP contribution in [0.1, 0.15) is 28.8 Å². The second kappa shape index (κ2) is 5.46. The van der Waals surface area contributed by atoms with Crippen LogP contribution in [0.25, 0.3) is 0 Å². The first-order valence-corrected chi connectivity index (χ1v) is 5.72. The molecule has 1 aliphatic heterocycles. The lowest BCUT2D eigenvalue weighted by Gasteiger charge is -2.09. The van der Waals surface area contributed by atoms with Crippen LogP contribution in [0.2, 0.25) is 0 Å². The SMILES string of the molecule is O=Cc1cc(C#CCN2CCCC2=O)ccc1F. The highest BCUT2D eigenvalue weighted by Crippen LogP contribution is 2.09. The fraction of sp³-hybridized carbons (Fsp3) is 0.286. The van der Waals surface area contributed by atoms with Gasteiger partial charge in [0.1, 0.15) is 5.82 Å². The van der Waals surface area contributed by atoms with Crippen molar-refractivity contribution < 1.29 is 14.0 Å². The molecule has 1 aromatic rings. The van der Waals surface area contributed by atoms with Crippen molar-refractivity contribution in [1.29, 1.82) is 0 Å². The smallest absolute Gasteiger partial charge is 0.223 e. The van der Waals surface area contributed by atoms with E-state index in [0.717, 1.165) is 13.0 Å². The maximum Gasteiger partial charge on any atom is 0.223 e. The Hall–Kier alpha value is -2.15. The number of halogens is 1. The maximum atomic E-state index is 13.1. The van der Waals surface area contributed by atoms with Crippen LogP contribution in [-0.2, 0) is 4.79 Å². The summed E-state index contributed by atoms with van der Waals surface area (Å²) >= 11 is 0. The van der Waals surface area contributed by atoms with Gasteiger partial charge in [0.25, 0.3) is 0 Å². The van der Waals surface area contributed by atoms with E-state index in [0.29, 0.717) is 24.8 Å². The molecular formula is C14H12FNO2. The topological polar surface area (TPSA) is 37.4 Å². The number of aldehydes is 1. The average Bonchev–Trinajstić information content (AvgIpc) is 2.77. The van der Waals surface area contributed by atoms with Gasteiger partial charge in [0.2, 0.25) is 5.91 Å². The number of nitrogens with zero attached hydrogens (tertiary/aromatic N) is 1. The normalized spacial score (nSPS) is 14.3. The molecule has 1 aliphatic rings. The van der Waals surface area contributed by atoms with E-state index in [-0.39, 0.29) is 11.5 Å². The predicted octanol–water partition coefficient (Wildman–Crippen LogP) is 1.61. The molecule has 0 radical (unpaired) electrons. The van der Waals surface area contributed by atoms with Crippen molar-refractivity contribution in [1.82, 2.24) is 4.90 Å². The molecule has 92 valence electrons. The first-order valence-electron chi connectivity index (χ1n) is 5.72. The summed E-state index contributed by atoms with van der Waals surface area (Å²) in [4.78, 5) is 23.6. The standard InChI is InChI=1S/C14H12FNO2/c15-13-6-5-11(9-12(13)10-17)3-1-7-16-8-2-4-14(16)18/h5-6,9-10H,2,4,7-8H2. The molecule has 1 aromatic carbocycles.